The van der Waals surface area contributed by atoms with Gasteiger partial charge in [0, 0.05) is 36.0 Å². The Balaban J connectivity index is 1.63. The molecule has 2 aromatic rings. The fraction of sp³-hybridized carbons (Fsp3) is 0.448. The Bertz CT molecular complexity index is 1520. The number of alkyl carbamates (subject to hydrolysis) is 1. The summed E-state index contributed by atoms with van der Waals surface area (Å²) in [7, 11) is 2.45. The van der Waals surface area contributed by atoms with Crippen molar-refractivity contribution < 1.29 is 63.7 Å². The number of fused-ring (bicyclic) bond motifs is 3. The molecule has 14 nitrogen and oxygen atoms in total. The number of hydrogen-bond donors (Lipinski definition) is 6. The maximum Gasteiger partial charge on any atom is 0.407 e. The zero-order valence-corrected chi connectivity index (χ0v) is 23.4. The van der Waals surface area contributed by atoms with E-state index in [2.05, 4.69) is 10.1 Å². The van der Waals surface area contributed by atoms with E-state index < -0.39 is 102 Å². The number of phenolic OH excluding ortho intramolecular Hbond substituents is 2. The van der Waals surface area contributed by atoms with Crippen LogP contribution in [0.4, 0.5) is 4.79 Å². The summed E-state index contributed by atoms with van der Waals surface area (Å²) >= 11 is 0. The van der Waals surface area contributed by atoms with Crippen molar-refractivity contribution in [3.8, 4) is 17.2 Å². The first-order valence-electron chi connectivity index (χ1n) is 13.4. The molecule has 1 amide bonds. The second kappa shape index (κ2) is 11.2. The van der Waals surface area contributed by atoms with Gasteiger partial charge in [0.25, 0.3) is 0 Å². The van der Waals surface area contributed by atoms with Crippen LogP contribution in [-0.4, -0.2) is 99.9 Å². The number of aromatic hydroxyl groups is 2. The summed E-state index contributed by atoms with van der Waals surface area (Å²) in [6.45, 7) is 0.455. The number of aliphatic hydroxyl groups excluding tert-OH is 2. The van der Waals surface area contributed by atoms with E-state index in [1.165, 1.54) is 32.2 Å². The molecule has 0 bridgehead atoms. The summed E-state index contributed by atoms with van der Waals surface area (Å²) in [6.07, 6.45) is -6.81. The predicted octanol–water partition coefficient (Wildman–Crippen LogP) is 0.399. The van der Waals surface area contributed by atoms with Gasteiger partial charge in [-0.25, -0.2) is 4.79 Å². The normalized spacial score (nSPS) is 27.9. The molecule has 230 valence electrons. The summed E-state index contributed by atoms with van der Waals surface area (Å²) in [5.74, 6) is -4.01. The Hall–Kier alpha value is -4.08. The molecule has 2 aromatic carbocycles. The predicted molar refractivity (Wildman–Crippen MR) is 143 cm³/mol. The minimum atomic E-state index is -2.31. The molecule has 43 heavy (non-hydrogen) atoms. The Labute approximate surface area is 244 Å². The molecular weight excluding hydrogens is 570 g/mol. The fourth-order valence-electron chi connectivity index (χ4n) is 6.07. The first kappa shape index (κ1) is 30.4. The van der Waals surface area contributed by atoms with E-state index in [-0.39, 0.29) is 34.4 Å². The highest BCUT2D eigenvalue weighted by atomic mass is 16.7. The van der Waals surface area contributed by atoms with E-state index in [1.807, 2.05) is 0 Å². The van der Waals surface area contributed by atoms with Crippen LogP contribution in [0.25, 0.3) is 0 Å². The molecule has 0 radical (unpaired) electrons. The monoisotopic (exact) mass is 601 g/mol. The van der Waals surface area contributed by atoms with Crippen molar-refractivity contribution in [2.24, 2.45) is 0 Å². The topological polar surface area (TPSA) is 218 Å². The highest BCUT2D eigenvalue weighted by Crippen LogP contribution is 2.52. The number of nitrogens with one attached hydrogen (secondary N) is 1. The number of rotatable bonds is 6. The number of carbonyl (C=O) groups is 4. The molecule has 1 saturated heterocycles. The summed E-state index contributed by atoms with van der Waals surface area (Å²) in [5.41, 5.74) is -3.95. The van der Waals surface area contributed by atoms with E-state index in [1.54, 1.807) is 0 Å². The molecule has 3 aliphatic rings. The lowest BCUT2D eigenvalue weighted by molar-refractivity contribution is -0.249. The first-order chi connectivity index (χ1) is 20.4. The number of aliphatic hydroxyl groups is 3. The van der Waals surface area contributed by atoms with Crippen molar-refractivity contribution in [2.75, 3.05) is 20.8 Å². The van der Waals surface area contributed by atoms with Crippen LogP contribution >= 0.6 is 0 Å². The van der Waals surface area contributed by atoms with Crippen LogP contribution in [0, 0.1) is 0 Å². The van der Waals surface area contributed by atoms with Gasteiger partial charge < -0.3 is 49.8 Å². The van der Waals surface area contributed by atoms with Gasteiger partial charge in [-0.05, 0) is 13.0 Å². The maximum atomic E-state index is 13.7. The average molecular weight is 602 g/mol. The number of methoxy groups -OCH3 is 2. The van der Waals surface area contributed by atoms with Crippen molar-refractivity contribution in [1.29, 1.82) is 0 Å². The molecular formula is C29H31NO13. The van der Waals surface area contributed by atoms with Crippen molar-refractivity contribution in [3.63, 3.8) is 0 Å². The van der Waals surface area contributed by atoms with Gasteiger partial charge in [-0.2, -0.15) is 0 Å². The van der Waals surface area contributed by atoms with Gasteiger partial charge in [0.05, 0.1) is 49.2 Å². The number of hydrogen-bond acceptors (Lipinski definition) is 13. The minimum Gasteiger partial charge on any atom is -0.507 e. The van der Waals surface area contributed by atoms with Gasteiger partial charge >= 0.3 is 6.09 Å². The molecule has 0 spiro atoms. The van der Waals surface area contributed by atoms with Gasteiger partial charge in [-0.15, -0.1) is 0 Å². The van der Waals surface area contributed by atoms with Gasteiger partial charge in [0.2, 0.25) is 5.78 Å². The van der Waals surface area contributed by atoms with Gasteiger partial charge in [0.1, 0.15) is 35.6 Å². The van der Waals surface area contributed by atoms with Crippen LogP contribution in [0.15, 0.2) is 18.2 Å². The maximum absolute atomic E-state index is 13.7. The fourth-order valence-corrected chi connectivity index (χ4v) is 6.07. The zero-order chi connectivity index (χ0) is 31.4. The summed E-state index contributed by atoms with van der Waals surface area (Å²) in [6, 6.07) is 3.40. The largest absolute Gasteiger partial charge is 0.507 e. The van der Waals surface area contributed by atoms with Crippen molar-refractivity contribution in [3.05, 3.63) is 51.6 Å². The third-order valence-corrected chi connectivity index (χ3v) is 8.25. The smallest absolute Gasteiger partial charge is 0.407 e. The molecule has 1 aliphatic heterocycles. The summed E-state index contributed by atoms with van der Waals surface area (Å²) in [4.78, 5) is 51.9. The second-order valence-corrected chi connectivity index (χ2v) is 10.7. The third-order valence-electron chi connectivity index (χ3n) is 8.25. The van der Waals surface area contributed by atoms with Crippen molar-refractivity contribution in [1.82, 2.24) is 5.32 Å². The number of ether oxygens (including phenoxy) is 4. The number of carbonyl (C=O) groups excluding carboxylic acids is 4. The lowest BCUT2D eigenvalue weighted by Gasteiger charge is -2.42. The molecule has 14 heteroatoms. The number of ketones is 3. The van der Waals surface area contributed by atoms with Crippen LogP contribution < -0.4 is 10.1 Å². The van der Waals surface area contributed by atoms with Crippen molar-refractivity contribution >= 4 is 23.4 Å². The summed E-state index contributed by atoms with van der Waals surface area (Å²) in [5, 5.41) is 56.9. The van der Waals surface area contributed by atoms with Gasteiger partial charge in [-0.3, -0.25) is 14.4 Å². The van der Waals surface area contributed by atoms with E-state index in [0.717, 1.165) is 7.11 Å². The molecule has 6 atom stereocenters. The van der Waals surface area contributed by atoms with Crippen LogP contribution in [0.5, 0.6) is 17.2 Å². The van der Waals surface area contributed by atoms with Gasteiger partial charge in [0.15, 0.2) is 17.9 Å². The highest BCUT2D eigenvalue weighted by molar-refractivity contribution is 6.31. The van der Waals surface area contributed by atoms with E-state index in [4.69, 9.17) is 14.2 Å². The number of benzene rings is 2. The number of phenols is 2. The quantitative estimate of drug-likeness (QED) is 0.211. The summed E-state index contributed by atoms with van der Waals surface area (Å²) < 4.78 is 21.7. The molecule has 2 aliphatic carbocycles. The second-order valence-electron chi connectivity index (χ2n) is 10.7. The molecule has 0 aromatic heterocycles. The van der Waals surface area contributed by atoms with Crippen LogP contribution in [-0.2, 0) is 25.4 Å². The van der Waals surface area contributed by atoms with Crippen LogP contribution in [0.3, 0.4) is 0 Å². The lowest BCUT2D eigenvalue weighted by Crippen LogP contribution is -2.55. The van der Waals surface area contributed by atoms with E-state index in [9.17, 15) is 44.7 Å². The Morgan fingerprint density at radius 2 is 1.79 bits per heavy atom. The zero-order valence-electron chi connectivity index (χ0n) is 23.4. The third kappa shape index (κ3) is 4.90. The average Bonchev–Trinajstić information content (AvgIpc) is 2.98. The Morgan fingerprint density at radius 3 is 2.44 bits per heavy atom. The first-order valence-corrected chi connectivity index (χ1v) is 13.4. The molecule has 1 unspecified atom stereocenters. The number of amides is 1. The molecule has 1 heterocycles. The molecule has 6 N–H and O–H groups in total. The molecule has 0 saturated carbocycles. The Kier molecular flexibility index (Phi) is 7.92. The standard InChI is InChI=1S/C29H31NO13/c1-11-23(33)14(30-28(38)41-3)7-18(42-11)43-16-9-29(39,17(32)10-31)8-13-20(16)27(37)22-21(25(13)35)24(34)12-5-4-6-15(40-2)19(12)26(22)36/h4-6,11,14,16,18,23,31,33,35,37,39H,7-10H2,1-3H3,(H,30,38)/t11-,14-,16-,18?,23+,29-/m1/s1. The van der Waals surface area contributed by atoms with E-state index in [0.29, 0.717) is 0 Å². The Morgan fingerprint density at radius 1 is 1.09 bits per heavy atom. The molecule has 5 rings (SSSR count). The van der Waals surface area contributed by atoms with Gasteiger partial charge in [-0.1, -0.05) is 12.1 Å². The highest BCUT2D eigenvalue weighted by Gasteiger charge is 2.50. The molecule has 1 fully saturated rings. The SMILES string of the molecule is COC(=O)N[C@@H]1CC(O[C@@H]2C[C@@](O)(C(=O)CO)Cc3c(O)c4c(c(O)c32)C(=O)c2c(OC)cccc2C4=O)O[C@H](C)[C@@H]1O. The lowest BCUT2D eigenvalue weighted by atomic mass is 9.72. The number of Topliss-reactive ketones (excluding diaryl/α,β-unsaturated/α-hetero) is 1. The van der Waals surface area contributed by atoms with Crippen molar-refractivity contribution in [2.45, 2.75) is 62.4 Å². The van der Waals surface area contributed by atoms with Crippen LogP contribution in [0.2, 0.25) is 0 Å². The minimum absolute atomic E-state index is 0.0705. The van der Waals surface area contributed by atoms with E-state index >= 15 is 0 Å². The van der Waals surface area contributed by atoms with Crippen LogP contribution in [0.1, 0.15) is 68.8 Å².